The number of carbonyl (C=O) groups is 2. The Balaban J connectivity index is 1.66. The van der Waals surface area contributed by atoms with Gasteiger partial charge in [-0.25, -0.2) is 0 Å². The number of benzene rings is 1. The van der Waals surface area contributed by atoms with E-state index in [4.69, 9.17) is 16.3 Å². The lowest BCUT2D eigenvalue weighted by atomic mass is 9.90. The van der Waals surface area contributed by atoms with Crippen molar-refractivity contribution in [2.24, 2.45) is 5.92 Å². The molecule has 3 rings (SSSR count). The molecule has 0 aromatic heterocycles. The first kappa shape index (κ1) is 21.2. The number of esters is 1. The van der Waals surface area contributed by atoms with Gasteiger partial charge >= 0.3 is 5.97 Å². The summed E-state index contributed by atoms with van der Waals surface area (Å²) < 4.78 is 33.6. The monoisotopic (exact) mass is 428 g/mol. The van der Waals surface area contributed by atoms with Crippen molar-refractivity contribution in [1.82, 2.24) is 8.61 Å². The molecule has 2 heterocycles. The molecule has 0 unspecified atom stereocenters. The van der Waals surface area contributed by atoms with Crippen LogP contribution in [0, 0.1) is 5.92 Å². The zero-order valence-corrected chi connectivity index (χ0v) is 17.4. The van der Waals surface area contributed by atoms with Crippen LogP contribution in [0.15, 0.2) is 24.3 Å². The van der Waals surface area contributed by atoms with Crippen LogP contribution >= 0.6 is 11.6 Å². The second-order valence-corrected chi connectivity index (χ2v) is 9.52. The average molecular weight is 429 g/mol. The van der Waals surface area contributed by atoms with E-state index < -0.39 is 22.2 Å². The topological polar surface area (TPSA) is 84.0 Å². The Bertz CT molecular complexity index is 819. The van der Waals surface area contributed by atoms with Crippen molar-refractivity contribution in [2.45, 2.75) is 38.1 Å². The van der Waals surface area contributed by atoms with Crippen LogP contribution in [0.1, 0.15) is 42.5 Å². The molecule has 7 nitrogen and oxygen atoms in total. The Hall–Kier alpha value is -1.48. The first-order valence-electron chi connectivity index (χ1n) is 9.49. The molecule has 2 aliphatic rings. The highest BCUT2D eigenvalue weighted by Crippen LogP contribution is 2.28. The maximum Gasteiger partial charge on any atom is 0.324 e. The summed E-state index contributed by atoms with van der Waals surface area (Å²) in [5.74, 6) is -0.722. The van der Waals surface area contributed by atoms with Gasteiger partial charge < -0.3 is 4.74 Å². The molecular weight excluding hydrogens is 404 g/mol. The summed E-state index contributed by atoms with van der Waals surface area (Å²) in [5, 5.41) is 0.569. The molecule has 1 atom stereocenters. The minimum Gasteiger partial charge on any atom is -0.468 e. The number of halogens is 1. The van der Waals surface area contributed by atoms with Gasteiger partial charge in [-0.05, 0) is 56.4 Å². The number of nitrogens with zero attached hydrogens (tertiary/aromatic N) is 2. The lowest BCUT2D eigenvalue weighted by Gasteiger charge is -2.38. The standard InChI is InChI=1S/C19H25ClN2O5S/c1-27-19(24)17-4-2-3-11-22(17)28(25,26)21-12-9-15(10-13-21)18(23)14-5-7-16(20)8-6-14/h5-8,15,17H,2-4,9-13H2,1H3/t17-/m1/s1. The molecule has 1 aromatic rings. The summed E-state index contributed by atoms with van der Waals surface area (Å²) >= 11 is 5.87. The van der Waals surface area contributed by atoms with E-state index in [9.17, 15) is 18.0 Å². The molecule has 28 heavy (non-hydrogen) atoms. The van der Waals surface area contributed by atoms with E-state index in [1.165, 1.54) is 15.7 Å². The predicted octanol–water partition coefficient (Wildman–Crippen LogP) is 2.51. The maximum absolute atomic E-state index is 13.1. The van der Waals surface area contributed by atoms with Crippen LogP contribution < -0.4 is 0 Å². The van der Waals surface area contributed by atoms with Crippen LogP contribution in [0.4, 0.5) is 0 Å². The fraction of sp³-hybridized carbons (Fsp3) is 0.579. The molecule has 0 radical (unpaired) electrons. The number of ketones is 1. The van der Waals surface area contributed by atoms with E-state index >= 15 is 0 Å². The number of hydrogen-bond donors (Lipinski definition) is 0. The molecule has 0 spiro atoms. The van der Waals surface area contributed by atoms with Gasteiger partial charge in [0.15, 0.2) is 5.78 Å². The van der Waals surface area contributed by atoms with Crippen molar-refractivity contribution >= 4 is 33.6 Å². The fourth-order valence-corrected chi connectivity index (χ4v) is 5.87. The van der Waals surface area contributed by atoms with E-state index in [-0.39, 0.29) is 24.8 Å². The zero-order valence-electron chi connectivity index (χ0n) is 15.8. The summed E-state index contributed by atoms with van der Waals surface area (Å²) in [6.07, 6.45) is 2.90. The highest BCUT2D eigenvalue weighted by molar-refractivity contribution is 7.86. The molecule has 0 aliphatic carbocycles. The number of Topliss-reactive ketones (excluding diaryl/α,β-unsaturated/α-hetero) is 1. The molecule has 0 bridgehead atoms. The maximum atomic E-state index is 13.1. The normalized spacial score (nSPS) is 22.7. The van der Waals surface area contributed by atoms with Gasteiger partial charge in [0.25, 0.3) is 10.2 Å². The Kier molecular flexibility index (Phi) is 6.75. The van der Waals surface area contributed by atoms with Crippen molar-refractivity contribution in [2.75, 3.05) is 26.7 Å². The van der Waals surface area contributed by atoms with Crippen LogP contribution in [0.3, 0.4) is 0 Å². The summed E-state index contributed by atoms with van der Waals surface area (Å²) in [4.78, 5) is 24.7. The second kappa shape index (κ2) is 8.90. The summed E-state index contributed by atoms with van der Waals surface area (Å²) in [6.45, 7) is 0.833. The number of rotatable bonds is 5. The Morgan fingerprint density at radius 1 is 1.04 bits per heavy atom. The number of carbonyl (C=O) groups excluding carboxylic acids is 2. The van der Waals surface area contributed by atoms with Crippen LogP contribution in [0.5, 0.6) is 0 Å². The number of methoxy groups -OCH3 is 1. The quantitative estimate of drug-likeness (QED) is 0.531. The molecule has 1 aromatic carbocycles. The lowest BCUT2D eigenvalue weighted by Crippen LogP contribution is -2.55. The summed E-state index contributed by atoms with van der Waals surface area (Å²) in [7, 11) is -2.50. The van der Waals surface area contributed by atoms with Crippen molar-refractivity contribution in [3.8, 4) is 0 Å². The predicted molar refractivity (Wildman–Crippen MR) is 105 cm³/mol. The van der Waals surface area contributed by atoms with Crippen molar-refractivity contribution in [3.05, 3.63) is 34.9 Å². The largest absolute Gasteiger partial charge is 0.468 e. The SMILES string of the molecule is COC(=O)[C@H]1CCCCN1S(=O)(=O)N1CCC(C(=O)c2ccc(Cl)cc2)CC1. The van der Waals surface area contributed by atoms with Gasteiger partial charge in [0.1, 0.15) is 6.04 Å². The van der Waals surface area contributed by atoms with Crippen LogP contribution in [-0.2, 0) is 19.7 Å². The van der Waals surface area contributed by atoms with E-state index in [1.54, 1.807) is 24.3 Å². The van der Waals surface area contributed by atoms with Crippen molar-refractivity contribution in [1.29, 1.82) is 0 Å². The molecule has 9 heteroatoms. The van der Waals surface area contributed by atoms with Gasteiger partial charge in [-0.2, -0.15) is 17.0 Å². The fourth-order valence-electron chi connectivity index (χ4n) is 3.90. The molecule has 0 N–H and O–H groups in total. The van der Waals surface area contributed by atoms with Gasteiger partial charge in [-0.15, -0.1) is 0 Å². The molecule has 0 saturated carbocycles. The highest BCUT2D eigenvalue weighted by Gasteiger charge is 2.42. The smallest absolute Gasteiger partial charge is 0.324 e. The molecule has 0 amide bonds. The molecular formula is C19H25ClN2O5S. The Labute approximate surface area is 170 Å². The minimum atomic E-state index is -3.77. The van der Waals surface area contributed by atoms with Gasteiger partial charge in [0, 0.05) is 36.1 Å². The van der Waals surface area contributed by atoms with E-state index in [0.717, 1.165) is 12.8 Å². The first-order chi connectivity index (χ1) is 13.3. The first-order valence-corrected chi connectivity index (χ1v) is 11.3. The zero-order chi connectivity index (χ0) is 20.3. The number of ether oxygens (including phenoxy) is 1. The van der Waals surface area contributed by atoms with Crippen LogP contribution in [-0.4, -0.2) is 61.6 Å². The summed E-state index contributed by atoms with van der Waals surface area (Å²) in [5.41, 5.74) is 0.590. The van der Waals surface area contributed by atoms with Crippen molar-refractivity contribution < 1.29 is 22.7 Å². The third-order valence-electron chi connectivity index (χ3n) is 5.50. The number of hydrogen-bond acceptors (Lipinski definition) is 5. The Morgan fingerprint density at radius 3 is 2.29 bits per heavy atom. The van der Waals surface area contributed by atoms with E-state index in [1.807, 2.05) is 0 Å². The second-order valence-electron chi connectivity index (χ2n) is 7.20. The van der Waals surface area contributed by atoms with Gasteiger partial charge in [0.05, 0.1) is 7.11 Å². The minimum absolute atomic E-state index is 0.0131. The van der Waals surface area contributed by atoms with Crippen molar-refractivity contribution in [3.63, 3.8) is 0 Å². The lowest BCUT2D eigenvalue weighted by molar-refractivity contribution is -0.146. The van der Waals surface area contributed by atoms with E-state index in [2.05, 4.69) is 0 Å². The molecule has 154 valence electrons. The summed E-state index contributed by atoms with van der Waals surface area (Å²) in [6, 6.07) is 5.98. The Morgan fingerprint density at radius 2 is 1.68 bits per heavy atom. The van der Waals surface area contributed by atoms with Crippen LogP contribution in [0.2, 0.25) is 5.02 Å². The molecule has 2 aliphatic heterocycles. The highest BCUT2D eigenvalue weighted by atomic mass is 35.5. The van der Waals surface area contributed by atoms with E-state index in [0.29, 0.717) is 36.4 Å². The average Bonchev–Trinajstić information content (AvgIpc) is 2.73. The molecule has 2 fully saturated rings. The van der Waals surface area contributed by atoms with Crippen LogP contribution in [0.25, 0.3) is 0 Å². The van der Waals surface area contributed by atoms with Gasteiger partial charge in [-0.3, -0.25) is 9.59 Å². The molecule has 2 saturated heterocycles. The van der Waals surface area contributed by atoms with Gasteiger partial charge in [0.2, 0.25) is 0 Å². The van der Waals surface area contributed by atoms with Gasteiger partial charge in [-0.1, -0.05) is 11.6 Å². The third-order valence-corrected chi connectivity index (χ3v) is 7.80. The number of piperidine rings is 2. The third kappa shape index (κ3) is 4.40.